The zero-order chi connectivity index (χ0) is 19.1. The van der Waals surface area contributed by atoms with Gasteiger partial charge in [-0.3, -0.25) is 19.9 Å². The van der Waals surface area contributed by atoms with Gasteiger partial charge in [-0.2, -0.15) is 0 Å². The molecule has 26 heavy (non-hydrogen) atoms. The molecule has 2 atom stereocenters. The molecule has 2 aromatic rings. The van der Waals surface area contributed by atoms with Gasteiger partial charge < -0.3 is 16.0 Å². The summed E-state index contributed by atoms with van der Waals surface area (Å²) in [5, 5.41) is 20.3. The average Bonchev–Trinajstić information content (AvgIpc) is 2.66. The maximum atomic E-state index is 12.2. The summed E-state index contributed by atoms with van der Waals surface area (Å²) >= 11 is 0. The predicted octanol–water partition coefficient (Wildman–Crippen LogP) is 2.50. The fourth-order valence-electron chi connectivity index (χ4n) is 2.34. The first kappa shape index (κ1) is 19.3. The van der Waals surface area contributed by atoms with Crippen molar-refractivity contribution in [1.82, 2.24) is 15.6 Å². The van der Waals surface area contributed by atoms with Gasteiger partial charge in [0.1, 0.15) is 5.69 Å². The van der Waals surface area contributed by atoms with Crippen LogP contribution in [-0.4, -0.2) is 35.4 Å². The second-order valence-corrected chi connectivity index (χ2v) is 6.01. The maximum absolute atomic E-state index is 12.2. The van der Waals surface area contributed by atoms with Gasteiger partial charge in [0, 0.05) is 30.4 Å². The molecule has 1 amide bonds. The van der Waals surface area contributed by atoms with E-state index in [1.807, 2.05) is 26.0 Å². The molecular weight excluding hydrogens is 334 g/mol. The van der Waals surface area contributed by atoms with Crippen molar-refractivity contribution in [1.29, 1.82) is 0 Å². The third-order valence-electron chi connectivity index (χ3n) is 4.02. The number of carbonyl (C=O) groups excluding carboxylic acids is 1. The van der Waals surface area contributed by atoms with Gasteiger partial charge in [0.05, 0.1) is 16.7 Å². The van der Waals surface area contributed by atoms with Crippen molar-refractivity contribution in [2.45, 2.75) is 25.9 Å². The van der Waals surface area contributed by atoms with Crippen molar-refractivity contribution in [3.63, 3.8) is 0 Å². The molecule has 1 heterocycles. The largest absolute Gasteiger partial charge is 0.371 e. The Hall–Kier alpha value is -3.00. The molecule has 0 aliphatic carbocycles. The Morgan fingerprint density at radius 3 is 2.65 bits per heavy atom. The third kappa shape index (κ3) is 5.00. The van der Waals surface area contributed by atoms with Crippen molar-refractivity contribution in [2.24, 2.45) is 0 Å². The van der Waals surface area contributed by atoms with Crippen LogP contribution in [0.5, 0.6) is 0 Å². The maximum Gasteiger partial charge on any atom is 0.293 e. The lowest BCUT2D eigenvalue weighted by Crippen LogP contribution is -2.37. The van der Waals surface area contributed by atoms with Gasteiger partial charge in [-0.1, -0.05) is 6.07 Å². The average molecular weight is 357 g/mol. The SMILES string of the molecule is CNC(C)CNC(=O)c1ccc(NC(C)c2ccccn2)c([N+](=O)[O-])c1. The summed E-state index contributed by atoms with van der Waals surface area (Å²) in [6, 6.07) is 9.80. The Labute approximate surface area is 152 Å². The molecule has 1 aromatic carbocycles. The summed E-state index contributed by atoms with van der Waals surface area (Å²) in [6.45, 7) is 4.22. The highest BCUT2D eigenvalue weighted by atomic mass is 16.6. The van der Waals surface area contributed by atoms with Crippen molar-refractivity contribution < 1.29 is 9.72 Å². The number of benzene rings is 1. The number of rotatable bonds is 8. The monoisotopic (exact) mass is 357 g/mol. The first-order valence-corrected chi connectivity index (χ1v) is 8.33. The van der Waals surface area contributed by atoms with Crippen LogP contribution in [0.3, 0.4) is 0 Å². The predicted molar refractivity (Wildman–Crippen MR) is 100 cm³/mol. The van der Waals surface area contributed by atoms with Gasteiger partial charge in [-0.05, 0) is 45.2 Å². The minimum absolute atomic E-state index is 0.106. The van der Waals surface area contributed by atoms with Crippen LogP contribution in [0.15, 0.2) is 42.6 Å². The van der Waals surface area contributed by atoms with Crippen molar-refractivity contribution in [3.05, 3.63) is 64.0 Å². The molecule has 0 saturated carbocycles. The van der Waals surface area contributed by atoms with Gasteiger partial charge in [-0.25, -0.2) is 0 Å². The number of anilines is 1. The van der Waals surface area contributed by atoms with Crippen LogP contribution in [0, 0.1) is 10.1 Å². The van der Waals surface area contributed by atoms with Crippen LogP contribution in [0.25, 0.3) is 0 Å². The van der Waals surface area contributed by atoms with Crippen LogP contribution >= 0.6 is 0 Å². The van der Waals surface area contributed by atoms with E-state index in [4.69, 9.17) is 0 Å². The Kier molecular flexibility index (Phi) is 6.62. The molecule has 2 unspecified atom stereocenters. The van der Waals surface area contributed by atoms with Gasteiger partial charge in [0.2, 0.25) is 0 Å². The summed E-state index contributed by atoms with van der Waals surface area (Å²) in [7, 11) is 1.80. The molecule has 0 saturated heterocycles. The summed E-state index contributed by atoms with van der Waals surface area (Å²) in [5.41, 5.74) is 1.20. The first-order valence-electron chi connectivity index (χ1n) is 8.33. The number of hydrogen-bond donors (Lipinski definition) is 3. The minimum atomic E-state index is -0.500. The number of carbonyl (C=O) groups is 1. The van der Waals surface area contributed by atoms with Gasteiger partial charge in [-0.15, -0.1) is 0 Å². The number of hydrogen-bond acceptors (Lipinski definition) is 6. The van der Waals surface area contributed by atoms with Crippen LogP contribution in [0.2, 0.25) is 0 Å². The normalized spacial score (nSPS) is 12.9. The van der Waals surface area contributed by atoms with Gasteiger partial charge in [0.25, 0.3) is 11.6 Å². The van der Waals surface area contributed by atoms with Crippen LogP contribution in [-0.2, 0) is 0 Å². The van der Waals surface area contributed by atoms with Crippen molar-refractivity contribution >= 4 is 17.3 Å². The second kappa shape index (κ2) is 8.91. The minimum Gasteiger partial charge on any atom is -0.371 e. The summed E-state index contributed by atoms with van der Waals surface area (Å²) in [6.07, 6.45) is 1.67. The van der Waals surface area contributed by atoms with Gasteiger partial charge in [0.15, 0.2) is 0 Å². The van der Waals surface area contributed by atoms with E-state index in [1.54, 1.807) is 31.4 Å². The number of likely N-dealkylation sites (N-methyl/N-ethyl adjacent to an activating group) is 1. The number of nitrogens with one attached hydrogen (secondary N) is 3. The molecule has 8 heteroatoms. The zero-order valence-corrected chi connectivity index (χ0v) is 15.0. The Balaban J connectivity index is 2.18. The number of nitro benzene ring substituents is 1. The number of aromatic nitrogens is 1. The Morgan fingerprint density at radius 2 is 2.04 bits per heavy atom. The molecule has 0 fully saturated rings. The highest BCUT2D eigenvalue weighted by Crippen LogP contribution is 2.28. The van der Waals surface area contributed by atoms with Crippen LogP contribution in [0.4, 0.5) is 11.4 Å². The van der Waals surface area contributed by atoms with Crippen LogP contribution in [0.1, 0.15) is 35.9 Å². The van der Waals surface area contributed by atoms with E-state index in [-0.39, 0.29) is 29.2 Å². The molecular formula is C18H23N5O3. The number of amides is 1. The molecule has 2 rings (SSSR count). The molecule has 0 radical (unpaired) electrons. The fraction of sp³-hybridized carbons (Fsp3) is 0.333. The van der Waals surface area contributed by atoms with E-state index in [2.05, 4.69) is 20.9 Å². The molecule has 0 bridgehead atoms. The lowest BCUT2D eigenvalue weighted by Gasteiger charge is -2.15. The topological polar surface area (TPSA) is 109 Å². The van der Waals surface area contributed by atoms with E-state index in [1.165, 1.54) is 6.07 Å². The molecule has 1 aromatic heterocycles. The quantitative estimate of drug-likeness (QED) is 0.495. The summed E-state index contributed by atoms with van der Waals surface area (Å²) < 4.78 is 0. The third-order valence-corrected chi connectivity index (χ3v) is 4.02. The van der Waals surface area contributed by atoms with E-state index >= 15 is 0 Å². The molecule has 0 aliphatic heterocycles. The smallest absolute Gasteiger partial charge is 0.293 e. The number of pyridine rings is 1. The summed E-state index contributed by atoms with van der Waals surface area (Å²) in [4.78, 5) is 27.4. The lowest BCUT2D eigenvalue weighted by molar-refractivity contribution is -0.384. The standard InChI is InChI=1S/C18H23N5O3/c1-12(19-3)11-21-18(24)14-7-8-16(17(10-14)23(25)26)22-13(2)15-6-4-5-9-20-15/h4-10,12-13,19,22H,11H2,1-3H3,(H,21,24). The van der Waals surface area contributed by atoms with E-state index in [0.29, 0.717) is 12.2 Å². The van der Waals surface area contributed by atoms with Crippen molar-refractivity contribution in [2.75, 3.05) is 18.9 Å². The number of nitrogens with zero attached hydrogens (tertiary/aromatic N) is 2. The van der Waals surface area contributed by atoms with E-state index < -0.39 is 4.92 Å². The molecule has 3 N–H and O–H groups in total. The van der Waals surface area contributed by atoms with Gasteiger partial charge >= 0.3 is 0 Å². The van der Waals surface area contributed by atoms with E-state index in [0.717, 1.165) is 5.69 Å². The highest BCUT2D eigenvalue weighted by molar-refractivity contribution is 5.95. The molecule has 0 spiro atoms. The Bertz CT molecular complexity index is 767. The van der Waals surface area contributed by atoms with Crippen LogP contribution < -0.4 is 16.0 Å². The molecule has 138 valence electrons. The van der Waals surface area contributed by atoms with E-state index in [9.17, 15) is 14.9 Å². The Morgan fingerprint density at radius 1 is 1.27 bits per heavy atom. The first-order chi connectivity index (χ1) is 12.4. The molecule has 0 aliphatic rings. The number of nitro groups is 1. The highest BCUT2D eigenvalue weighted by Gasteiger charge is 2.19. The van der Waals surface area contributed by atoms with Crippen molar-refractivity contribution in [3.8, 4) is 0 Å². The zero-order valence-electron chi connectivity index (χ0n) is 15.0. The molecule has 8 nitrogen and oxygen atoms in total. The second-order valence-electron chi connectivity index (χ2n) is 6.01. The lowest BCUT2D eigenvalue weighted by atomic mass is 10.1. The fourth-order valence-corrected chi connectivity index (χ4v) is 2.34. The summed E-state index contributed by atoms with van der Waals surface area (Å²) in [5.74, 6) is -0.348.